The molecule has 1 rings (SSSR count). The van der Waals surface area contributed by atoms with Crippen molar-refractivity contribution in [3.05, 3.63) is 0 Å². The van der Waals surface area contributed by atoms with E-state index in [9.17, 15) is 15.3 Å². The lowest BCUT2D eigenvalue weighted by molar-refractivity contribution is -0.291. The Bertz CT molecular complexity index is 163. The second-order valence-electron chi connectivity index (χ2n) is 2.93. The Kier molecular flexibility index (Phi) is 3.60. The molecule has 0 bridgehead atoms. The first-order valence-corrected chi connectivity index (χ1v) is 3.95. The van der Waals surface area contributed by atoms with Crippen LogP contribution in [0.1, 0.15) is 0 Å². The summed E-state index contributed by atoms with van der Waals surface area (Å²) in [5, 5.41) is 36.7. The zero-order chi connectivity index (χ0) is 10.0. The van der Waals surface area contributed by atoms with Gasteiger partial charge >= 0.3 is 0 Å². The Morgan fingerprint density at radius 2 is 1.85 bits per heavy atom. The van der Waals surface area contributed by atoms with E-state index in [0.29, 0.717) is 0 Å². The highest BCUT2D eigenvalue weighted by Crippen LogP contribution is 2.21. The third-order valence-corrected chi connectivity index (χ3v) is 2.11. The minimum absolute atomic E-state index is 0.467. The highest BCUT2D eigenvalue weighted by atomic mass is 16.7. The topological polar surface area (TPSA) is 99.4 Å². The smallest absolute Gasteiger partial charge is 0.184 e. The van der Waals surface area contributed by atoms with Gasteiger partial charge in [0.25, 0.3) is 0 Å². The third-order valence-electron chi connectivity index (χ3n) is 2.11. The van der Waals surface area contributed by atoms with Crippen LogP contribution in [0.4, 0.5) is 0 Å². The van der Waals surface area contributed by atoms with E-state index in [2.05, 4.69) is 0 Å². The van der Waals surface area contributed by atoms with E-state index in [4.69, 9.17) is 14.6 Å². The minimum Gasteiger partial charge on any atom is -0.394 e. The molecule has 6 heteroatoms. The van der Waals surface area contributed by atoms with Gasteiger partial charge in [-0.3, -0.25) is 0 Å². The zero-order valence-corrected chi connectivity index (χ0v) is 7.20. The lowest BCUT2D eigenvalue weighted by Gasteiger charge is -2.39. The molecular formula is C7H14O6. The van der Waals surface area contributed by atoms with Crippen molar-refractivity contribution in [2.75, 3.05) is 13.7 Å². The maximum atomic E-state index is 9.38. The predicted molar refractivity (Wildman–Crippen MR) is 40.8 cm³/mol. The molecular weight excluding hydrogens is 180 g/mol. The number of rotatable bonds is 2. The normalized spacial score (nSPS) is 46.4. The van der Waals surface area contributed by atoms with Crippen molar-refractivity contribution in [3.63, 3.8) is 0 Å². The highest BCUT2D eigenvalue weighted by molar-refractivity contribution is 4.88. The maximum Gasteiger partial charge on any atom is 0.184 e. The first kappa shape index (κ1) is 10.8. The molecule has 1 heterocycles. The summed E-state index contributed by atoms with van der Waals surface area (Å²) in [5.74, 6) is 0. The number of aliphatic hydroxyl groups excluding tert-OH is 4. The van der Waals surface area contributed by atoms with Crippen LogP contribution in [0.25, 0.3) is 0 Å². The average molecular weight is 194 g/mol. The Balaban J connectivity index is 2.66. The summed E-state index contributed by atoms with van der Waals surface area (Å²) in [6.07, 6.45) is -5.81. The van der Waals surface area contributed by atoms with Gasteiger partial charge in [-0.25, -0.2) is 0 Å². The Morgan fingerprint density at radius 3 is 2.31 bits per heavy atom. The fourth-order valence-corrected chi connectivity index (χ4v) is 1.33. The summed E-state index contributed by atoms with van der Waals surface area (Å²) < 4.78 is 9.50. The molecule has 0 aromatic heterocycles. The monoisotopic (exact) mass is 194 g/mol. The zero-order valence-electron chi connectivity index (χ0n) is 7.20. The molecule has 4 N–H and O–H groups in total. The first-order chi connectivity index (χ1) is 6.11. The Morgan fingerprint density at radius 1 is 1.23 bits per heavy atom. The van der Waals surface area contributed by atoms with E-state index < -0.39 is 37.3 Å². The molecule has 0 aromatic rings. The molecule has 0 aliphatic carbocycles. The van der Waals surface area contributed by atoms with Gasteiger partial charge in [0, 0.05) is 7.11 Å². The van der Waals surface area contributed by atoms with Gasteiger partial charge < -0.3 is 29.9 Å². The van der Waals surface area contributed by atoms with Crippen LogP contribution >= 0.6 is 0 Å². The van der Waals surface area contributed by atoms with Crippen molar-refractivity contribution in [1.29, 1.82) is 0 Å². The largest absolute Gasteiger partial charge is 0.394 e. The van der Waals surface area contributed by atoms with Crippen molar-refractivity contribution in [2.45, 2.75) is 30.7 Å². The van der Waals surface area contributed by atoms with Gasteiger partial charge in [0.1, 0.15) is 24.4 Å². The van der Waals surface area contributed by atoms with Gasteiger partial charge in [-0.15, -0.1) is 0 Å². The van der Waals surface area contributed by atoms with Gasteiger partial charge in [-0.05, 0) is 0 Å². The van der Waals surface area contributed by atoms with Crippen molar-refractivity contribution >= 4 is 0 Å². The van der Waals surface area contributed by atoms with E-state index >= 15 is 0 Å². The molecule has 0 aromatic carbocycles. The molecule has 0 spiro atoms. The number of hydrogen-bond acceptors (Lipinski definition) is 6. The summed E-state index contributed by atoms with van der Waals surface area (Å²) in [5.41, 5.74) is 0. The summed E-state index contributed by atoms with van der Waals surface area (Å²) >= 11 is 0. The molecule has 13 heavy (non-hydrogen) atoms. The van der Waals surface area contributed by atoms with Gasteiger partial charge in [0.05, 0.1) is 6.61 Å². The number of ether oxygens (including phenoxy) is 2. The molecule has 78 valence electrons. The van der Waals surface area contributed by atoms with Crippen LogP contribution in [0.2, 0.25) is 0 Å². The lowest BCUT2D eigenvalue weighted by Crippen LogP contribution is -2.59. The number of hydrogen-bond donors (Lipinski definition) is 4. The molecule has 0 radical (unpaired) electrons. The van der Waals surface area contributed by atoms with E-state index in [1.54, 1.807) is 0 Å². The van der Waals surface area contributed by atoms with Crippen LogP contribution in [0.3, 0.4) is 0 Å². The van der Waals surface area contributed by atoms with Crippen molar-refractivity contribution in [1.82, 2.24) is 0 Å². The van der Waals surface area contributed by atoms with Crippen LogP contribution in [0.15, 0.2) is 0 Å². The van der Waals surface area contributed by atoms with Crippen LogP contribution in [-0.4, -0.2) is 64.8 Å². The van der Waals surface area contributed by atoms with Crippen molar-refractivity contribution in [2.24, 2.45) is 0 Å². The van der Waals surface area contributed by atoms with Crippen molar-refractivity contribution < 1.29 is 29.9 Å². The van der Waals surface area contributed by atoms with E-state index in [1.807, 2.05) is 0 Å². The fourth-order valence-electron chi connectivity index (χ4n) is 1.33. The summed E-state index contributed by atoms with van der Waals surface area (Å²) in [4.78, 5) is 0. The minimum atomic E-state index is -1.33. The van der Waals surface area contributed by atoms with Crippen LogP contribution in [-0.2, 0) is 9.47 Å². The van der Waals surface area contributed by atoms with Crippen LogP contribution in [0, 0.1) is 0 Å². The second-order valence-corrected chi connectivity index (χ2v) is 2.93. The molecule has 0 saturated carbocycles. The SMILES string of the molecule is CO[C@@H]1C(O)O[C@H](CO)[C@@H](O)[C@@H]1O. The molecule has 1 aliphatic heterocycles. The Labute approximate surface area is 75.3 Å². The molecule has 6 nitrogen and oxygen atoms in total. The van der Waals surface area contributed by atoms with Gasteiger partial charge in [0.2, 0.25) is 0 Å². The van der Waals surface area contributed by atoms with Crippen LogP contribution in [0.5, 0.6) is 0 Å². The lowest BCUT2D eigenvalue weighted by atomic mass is 9.99. The summed E-state index contributed by atoms with van der Waals surface area (Å²) in [6, 6.07) is 0. The van der Waals surface area contributed by atoms with Gasteiger partial charge in [0.15, 0.2) is 6.29 Å². The molecule has 1 fully saturated rings. The van der Waals surface area contributed by atoms with Gasteiger partial charge in [-0.1, -0.05) is 0 Å². The Hall–Kier alpha value is -0.240. The number of aliphatic hydroxyl groups is 4. The number of methoxy groups -OCH3 is 1. The first-order valence-electron chi connectivity index (χ1n) is 3.95. The predicted octanol–water partition coefficient (Wildman–Crippen LogP) is -2.57. The van der Waals surface area contributed by atoms with E-state index in [0.717, 1.165) is 0 Å². The van der Waals surface area contributed by atoms with Crippen molar-refractivity contribution in [3.8, 4) is 0 Å². The molecule has 1 unspecified atom stereocenters. The fraction of sp³-hybridized carbons (Fsp3) is 1.00. The van der Waals surface area contributed by atoms with Crippen LogP contribution < -0.4 is 0 Å². The maximum absolute atomic E-state index is 9.38. The van der Waals surface area contributed by atoms with E-state index in [-0.39, 0.29) is 0 Å². The summed E-state index contributed by atoms with van der Waals surface area (Å²) in [6.45, 7) is -0.467. The standard InChI is InChI=1S/C7H14O6/c1-12-6-5(10)4(9)3(2-8)13-7(6)11/h3-11H,2H2,1H3/t3-,4-,5+,6+,7?/m1/s1. The third kappa shape index (κ3) is 1.98. The molecule has 0 amide bonds. The van der Waals surface area contributed by atoms with Gasteiger partial charge in [-0.2, -0.15) is 0 Å². The molecule has 5 atom stereocenters. The molecule has 1 aliphatic rings. The van der Waals surface area contributed by atoms with E-state index in [1.165, 1.54) is 7.11 Å². The summed E-state index contributed by atoms with van der Waals surface area (Å²) in [7, 11) is 1.28. The molecule has 1 saturated heterocycles. The second kappa shape index (κ2) is 4.32. The quantitative estimate of drug-likeness (QED) is 0.386. The average Bonchev–Trinajstić information content (AvgIpc) is 2.12. The highest BCUT2D eigenvalue weighted by Gasteiger charge is 2.43.